The van der Waals surface area contributed by atoms with Crippen LogP contribution in [0.3, 0.4) is 0 Å². The van der Waals surface area contributed by atoms with E-state index in [0.29, 0.717) is 27.4 Å². The van der Waals surface area contributed by atoms with Crippen LogP contribution in [0.2, 0.25) is 10.0 Å². The smallest absolute Gasteiger partial charge is 0.276 e. The molecule has 0 unspecified atom stereocenters. The number of anilines is 1. The van der Waals surface area contributed by atoms with Crippen molar-refractivity contribution in [1.82, 2.24) is 10.9 Å². The van der Waals surface area contributed by atoms with Gasteiger partial charge in [0.1, 0.15) is 5.75 Å². The first-order valence-electron chi connectivity index (χ1n) is 9.30. The summed E-state index contributed by atoms with van der Waals surface area (Å²) in [6.07, 6.45) is -0.200. The number of hydrogen-bond donors (Lipinski definition) is 3. The van der Waals surface area contributed by atoms with E-state index in [1.807, 2.05) is 12.1 Å². The molecule has 0 atom stereocenters. The number of nitrogens with one attached hydrogen (secondary N) is 3. The van der Waals surface area contributed by atoms with Gasteiger partial charge in [-0.15, -0.1) is 0 Å². The highest BCUT2D eigenvalue weighted by atomic mass is 35.5. The standard InChI is InChI=1S/C21H23Cl2N3O4/c1-13(2)14-3-6-16(7-4-14)30-12-21(29)26-25-20(28)10-9-19(27)24-18-8-5-15(22)11-17(18)23/h3-8,11,13H,9-10,12H2,1-2H3,(H,24,27)(H,25,28)(H,26,29). The first-order chi connectivity index (χ1) is 14.2. The topological polar surface area (TPSA) is 96.5 Å². The molecule has 9 heteroatoms. The highest BCUT2D eigenvalue weighted by Gasteiger charge is 2.11. The van der Waals surface area contributed by atoms with Gasteiger partial charge in [0.25, 0.3) is 5.91 Å². The first kappa shape index (κ1) is 23.5. The lowest BCUT2D eigenvalue weighted by Gasteiger charge is -2.10. The number of carbonyl (C=O) groups is 3. The van der Waals surface area contributed by atoms with Crippen molar-refractivity contribution in [2.24, 2.45) is 0 Å². The lowest BCUT2D eigenvalue weighted by Crippen LogP contribution is -2.44. The van der Waals surface area contributed by atoms with Gasteiger partial charge in [-0.2, -0.15) is 0 Å². The Morgan fingerprint density at radius 3 is 2.17 bits per heavy atom. The summed E-state index contributed by atoms with van der Waals surface area (Å²) in [5, 5.41) is 3.34. The highest BCUT2D eigenvalue weighted by molar-refractivity contribution is 6.36. The summed E-state index contributed by atoms with van der Waals surface area (Å²) < 4.78 is 5.37. The van der Waals surface area contributed by atoms with Crippen molar-refractivity contribution in [2.45, 2.75) is 32.6 Å². The molecule has 2 rings (SSSR count). The van der Waals surface area contributed by atoms with Gasteiger partial charge in [-0.25, -0.2) is 0 Å². The van der Waals surface area contributed by atoms with E-state index in [2.05, 4.69) is 30.0 Å². The fourth-order valence-electron chi connectivity index (χ4n) is 2.37. The third-order valence-electron chi connectivity index (χ3n) is 4.04. The highest BCUT2D eigenvalue weighted by Crippen LogP contribution is 2.25. The van der Waals surface area contributed by atoms with E-state index < -0.39 is 17.7 Å². The Kier molecular flexibility index (Phi) is 8.95. The molecule has 0 bridgehead atoms. The predicted octanol–water partition coefficient (Wildman–Crippen LogP) is 4.06. The zero-order chi connectivity index (χ0) is 22.1. The zero-order valence-electron chi connectivity index (χ0n) is 16.6. The molecule has 160 valence electrons. The molecule has 0 aromatic heterocycles. The van der Waals surface area contributed by atoms with E-state index in [-0.39, 0.29) is 19.4 Å². The van der Waals surface area contributed by atoms with Gasteiger partial charge in [0.05, 0.1) is 10.7 Å². The summed E-state index contributed by atoms with van der Waals surface area (Å²) in [5.74, 6) is -0.467. The van der Waals surface area contributed by atoms with E-state index in [4.69, 9.17) is 27.9 Å². The Morgan fingerprint density at radius 1 is 0.900 bits per heavy atom. The van der Waals surface area contributed by atoms with Crippen LogP contribution in [0.1, 0.15) is 38.2 Å². The van der Waals surface area contributed by atoms with Gasteiger partial charge in [-0.3, -0.25) is 25.2 Å². The molecule has 0 aliphatic heterocycles. The molecule has 7 nitrogen and oxygen atoms in total. The molecule has 0 aliphatic carbocycles. The Labute approximate surface area is 185 Å². The number of ether oxygens (including phenoxy) is 1. The Bertz CT molecular complexity index is 902. The van der Waals surface area contributed by atoms with Crippen LogP contribution in [0.15, 0.2) is 42.5 Å². The third kappa shape index (κ3) is 7.93. The van der Waals surface area contributed by atoms with E-state index in [1.165, 1.54) is 11.6 Å². The molecule has 0 aliphatic rings. The fraction of sp³-hybridized carbons (Fsp3) is 0.286. The van der Waals surface area contributed by atoms with E-state index in [1.54, 1.807) is 24.3 Å². The maximum atomic E-state index is 11.9. The average Bonchev–Trinajstić information content (AvgIpc) is 2.71. The van der Waals surface area contributed by atoms with Crippen molar-refractivity contribution in [3.63, 3.8) is 0 Å². The fourth-order valence-corrected chi connectivity index (χ4v) is 2.82. The summed E-state index contributed by atoms with van der Waals surface area (Å²) in [7, 11) is 0. The normalized spacial score (nSPS) is 10.4. The van der Waals surface area contributed by atoms with E-state index >= 15 is 0 Å². The summed E-state index contributed by atoms with van der Waals surface area (Å²) in [4.78, 5) is 35.5. The van der Waals surface area contributed by atoms with Gasteiger partial charge >= 0.3 is 0 Å². The SMILES string of the molecule is CC(C)c1ccc(OCC(=O)NNC(=O)CCC(=O)Nc2ccc(Cl)cc2Cl)cc1. The van der Waals surface area contributed by atoms with Crippen LogP contribution >= 0.6 is 23.2 Å². The van der Waals surface area contributed by atoms with E-state index in [9.17, 15) is 14.4 Å². The number of benzene rings is 2. The van der Waals surface area contributed by atoms with Crippen LogP contribution in [-0.4, -0.2) is 24.3 Å². The second kappa shape index (κ2) is 11.4. The van der Waals surface area contributed by atoms with Gasteiger partial charge in [0.2, 0.25) is 11.8 Å². The minimum Gasteiger partial charge on any atom is -0.484 e. The molecule has 0 heterocycles. The van der Waals surface area contributed by atoms with Crippen LogP contribution in [0.25, 0.3) is 0 Å². The predicted molar refractivity (Wildman–Crippen MR) is 117 cm³/mol. The lowest BCUT2D eigenvalue weighted by atomic mass is 10.0. The maximum absolute atomic E-state index is 11.9. The van der Waals surface area contributed by atoms with Crippen LogP contribution in [-0.2, 0) is 14.4 Å². The number of hydrazine groups is 1. The Hall–Kier alpha value is -2.77. The lowest BCUT2D eigenvalue weighted by molar-refractivity contribution is -0.130. The van der Waals surface area contributed by atoms with Crippen molar-refractivity contribution in [3.05, 3.63) is 58.1 Å². The molecule has 3 amide bonds. The molecule has 2 aromatic carbocycles. The number of amides is 3. The van der Waals surface area contributed by atoms with Crippen LogP contribution in [0.5, 0.6) is 5.75 Å². The second-order valence-corrected chi connectivity index (χ2v) is 7.62. The maximum Gasteiger partial charge on any atom is 0.276 e. The van der Waals surface area contributed by atoms with Gasteiger partial charge in [0, 0.05) is 17.9 Å². The summed E-state index contributed by atoms with van der Waals surface area (Å²) >= 11 is 11.8. The molecular weight excluding hydrogens is 429 g/mol. The molecule has 0 radical (unpaired) electrons. The molecule has 30 heavy (non-hydrogen) atoms. The van der Waals surface area contributed by atoms with Crippen LogP contribution in [0.4, 0.5) is 5.69 Å². The van der Waals surface area contributed by atoms with Gasteiger partial charge < -0.3 is 10.1 Å². The summed E-state index contributed by atoms with van der Waals surface area (Å²) in [6, 6.07) is 12.1. The Morgan fingerprint density at radius 2 is 1.53 bits per heavy atom. The number of hydrogen-bond acceptors (Lipinski definition) is 4. The van der Waals surface area contributed by atoms with Crippen molar-refractivity contribution >= 4 is 46.6 Å². The van der Waals surface area contributed by atoms with Gasteiger partial charge in [0.15, 0.2) is 6.61 Å². The molecule has 0 fully saturated rings. The van der Waals surface area contributed by atoms with Crippen LogP contribution in [0, 0.1) is 0 Å². The van der Waals surface area contributed by atoms with Crippen molar-refractivity contribution in [2.75, 3.05) is 11.9 Å². The largest absolute Gasteiger partial charge is 0.484 e. The molecule has 0 saturated heterocycles. The zero-order valence-corrected chi connectivity index (χ0v) is 18.1. The minimum atomic E-state index is -0.520. The third-order valence-corrected chi connectivity index (χ3v) is 4.59. The molecule has 0 spiro atoms. The van der Waals surface area contributed by atoms with Crippen molar-refractivity contribution < 1.29 is 19.1 Å². The first-order valence-corrected chi connectivity index (χ1v) is 10.1. The number of halogens is 2. The van der Waals surface area contributed by atoms with Crippen molar-refractivity contribution in [3.8, 4) is 5.75 Å². The number of carbonyl (C=O) groups excluding carboxylic acids is 3. The quantitative estimate of drug-likeness (QED) is 0.527. The van der Waals surface area contributed by atoms with Gasteiger partial charge in [-0.05, 0) is 41.8 Å². The molecular formula is C21H23Cl2N3O4. The Balaban J connectivity index is 1.66. The van der Waals surface area contributed by atoms with E-state index in [0.717, 1.165) is 0 Å². The second-order valence-electron chi connectivity index (χ2n) is 6.78. The molecule has 0 saturated carbocycles. The summed E-state index contributed by atoms with van der Waals surface area (Å²) in [5.41, 5.74) is 6.05. The molecule has 2 aromatic rings. The molecule has 3 N–H and O–H groups in total. The van der Waals surface area contributed by atoms with Gasteiger partial charge in [-0.1, -0.05) is 49.2 Å². The monoisotopic (exact) mass is 451 g/mol. The number of rotatable bonds is 8. The summed E-state index contributed by atoms with van der Waals surface area (Å²) in [6.45, 7) is 3.92. The average molecular weight is 452 g/mol. The van der Waals surface area contributed by atoms with Crippen molar-refractivity contribution in [1.29, 1.82) is 0 Å². The minimum absolute atomic E-state index is 0.0840. The van der Waals surface area contributed by atoms with Crippen LogP contribution < -0.4 is 20.9 Å².